The summed E-state index contributed by atoms with van der Waals surface area (Å²) in [4.78, 5) is 12.4. The van der Waals surface area contributed by atoms with E-state index in [9.17, 15) is 0 Å². The molecule has 0 N–H and O–H groups in total. The Hall–Kier alpha value is -7.13. The maximum atomic E-state index is 15.6. The third-order valence-electron chi connectivity index (χ3n) is 11.5. The number of hydrogen-bond acceptors (Lipinski definition) is 3. The van der Waals surface area contributed by atoms with Crippen LogP contribution in [0.2, 0.25) is 0 Å². The minimum atomic E-state index is -3.23. The number of rotatable bonds is 7. The highest BCUT2D eigenvalue weighted by molar-refractivity contribution is 7.85. The average molecular weight is 764 g/mol. The van der Waals surface area contributed by atoms with Crippen molar-refractivity contribution in [3.63, 3.8) is 0 Å². The van der Waals surface area contributed by atoms with E-state index in [-0.39, 0.29) is 0 Å². The molecule has 0 amide bonds. The van der Waals surface area contributed by atoms with Crippen molar-refractivity contribution in [1.82, 2.24) is 0 Å². The number of anilines is 3. The minimum Gasteiger partial charge on any atom is -0.310 e. The van der Waals surface area contributed by atoms with Gasteiger partial charge in [0.2, 0.25) is 0 Å². The molecule has 5 heteroatoms. The molecule has 1 aliphatic carbocycles. The van der Waals surface area contributed by atoms with Crippen molar-refractivity contribution in [2.24, 2.45) is 9.98 Å². The first-order chi connectivity index (χ1) is 28.6. The van der Waals surface area contributed by atoms with Gasteiger partial charge in [-0.3, -0.25) is 0 Å². The van der Waals surface area contributed by atoms with Gasteiger partial charge in [-0.25, -0.2) is 9.98 Å². The Kier molecular flexibility index (Phi) is 8.78. The molecule has 0 atom stereocenters. The Labute approximate surface area is 339 Å². The molecule has 0 saturated heterocycles. The van der Waals surface area contributed by atoms with Crippen molar-refractivity contribution in [2.75, 3.05) is 4.90 Å². The summed E-state index contributed by atoms with van der Waals surface area (Å²) in [7, 11) is -3.23. The molecular formula is C53H38N3OP. The van der Waals surface area contributed by atoms with Gasteiger partial charge in [0.15, 0.2) is 13.0 Å². The fourth-order valence-electron chi connectivity index (χ4n) is 9.04. The summed E-state index contributed by atoms with van der Waals surface area (Å²) in [5.41, 5.74) is 10.6. The fraction of sp³-hybridized carbons (Fsp3) is 0.0189. The van der Waals surface area contributed by atoms with E-state index in [0.717, 1.165) is 77.6 Å². The fourth-order valence-corrected chi connectivity index (χ4v) is 11.7. The van der Waals surface area contributed by atoms with Crippen LogP contribution in [-0.4, -0.2) is 12.6 Å². The first-order valence-corrected chi connectivity index (χ1v) is 21.2. The SMILES string of the molecule is C=N/C(=N\C1=C(c2ccc(P(=O)(c3ccccc3)c3ccccc3)cc2)C2(c3ccccc31)c1ccccc1N(c1ccccc1)c1ccccc12)c1ccccc1. The number of fused-ring (bicyclic) bond motifs is 6. The second kappa shape index (κ2) is 14.4. The monoisotopic (exact) mass is 763 g/mol. The molecule has 1 spiro atoms. The lowest BCUT2D eigenvalue weighted by atomic mass is 9.62. The van der Waals surface area contributed by atoms with Gasteiger partial charge < -0.3 is 9.46 Å². The smallest absolute Gasteiger partial charge is 0.171 e. The minimum absolute atomic E-state index is 0.539. The normalized spacial score (nSPS) is 14.1. The maximum Gasteiger partial charge on any atom is 0.171 e. The van der Waals surface area contributed by atoms with Gasteiger partial charge in [0.05, 0.1) is 22.5 Å². The van der Waals surface area contributed by atoms with Crippen LogP contribution >= 0.6 is 7.14 Å². The molecule has 0 radical (unpaired) electrons. The van der Waals surface area contributed by atoms with Crippen LogP contribution in [0.15, 0.2) is 228 Å². The number of allylic oxidation sites excluding steroid dienone is 1. The van der Waals surface area contributed by atoms with Crippen molar-refractivity contribution >= 4 is 63.9 Å². The number of benzene rings is 8. The second-order valence-electron chi connectivity index (χ2n) is 14.5. The van der Waals surface area contributed by atoms with Crippen LogP contribution < -0.4 is 20.8 Å². The van der Waals surface area contributed by atoms with E-state index in [4.69, 9.17) is 4.99 Å². The lowest BCUT2D eigenvalue weighted by Gasteiger charge is -2.46. The van der Waals surface area contributed by atoms with Crippen LogP contribution in [0.1, 0.15) is 33.4 Å². The van der Waals surface area contributed by atoms with Crippen LogP contribution in [0.4, 0.5) is 17.1 Å². The first-order valence-electron chi connectivity index (χ1n) is 19.5. The third kappa shape index (κ3) is 5.41. The van der Waals surface area contributed by atoms with E-state index >= 15 is 4.57 Å². The van der Waals surface area contributed by atoms with E-state index in [0.29, 0.717) is 5.84 Å². The molecule has 0 aromatic heterocycles. The Balaban J connectivity index is 1.30. The number of amidine groups is 1. The lowest BCUT2D eigenvalue weighted by Crippen LogP contribution is -2.36. The molecule has 0 bridgehead atoms. The van der Waals surface area contributed by atoms with Crippen molar-refractivity contribution in [2.45, 2.75) is 5.41 Å². The van der Waals surface area contributed by atoms with Crippen LogP contribution in [-0.2, 0) is 9.98 Å². The van der Waals surface area contributed by atoms with Gasteiger partial charge in [0, 0.05) is 38.3 Å². The van der Waals surface area contributed by atoms with E-state index in [1.807, 2.05) is 91.0 Å². The standard InChI is InChI=1S/C53H38N3OP/c1-54-52(39-20-6-2-7-21-39)55-51-44-28-14-15-29-45(44)53(46-30-16-18-32-48(46)56(40-22-8-3-9-23-40)49-33-19-17-31-47(49)53)50(51)38-34-36-43(37-35-38)58(57,41-24-10-4-11-25-41)42-26-12-5-13-27-42/h2-37H,1H2/b55-52-. The molecule has 8 aromatic carbocycles. The van der Waals surface area contributed by atoms with Gasteiger partial charge in [-0.2, -0.15) is 0 Å². The van der Waals surface area contributed by atoms with Crippen LogP contribution in [0, 0.1) is 0 Å². The van der Waals surface area contributed by atoms with Gasteiger partial charge in [0.25, 0.3) is 0 Å². The first kappa shape index (κ1) is 35.3. The van der Waals surface area contributed by atoms with Crippen LogP contribution in [0.3, 0.4) is 0 Å². The van der Waals surface area contributed by atoms with Gasteiger partial charge in [0.1, 0.15) is 0 Å². The number of hydrogen-bond donors (Lipinski definition) is 0. The van der Waals surface area contributed by atoms with E-state index in [2.05, 4.69) is 144 Å². The Morgan fingerprint density at radius 3 is 1.48 bits per heavy atom. The molecule has 1 aliphatic heterocycles. The second-order valence-corrected chi connectivity index (χ2v) is 17.3. The molecule has 0 unspecified atom stereocenters. The summed E-state index contributed by atoms with van der Waals surface area (Å²) in [6.07, 6.45) is 0. The molecule has 10 rings (SSSR count). The summed E-state index contributed by atoms with van der Waals surface area (Å²) in [6, 6.07) is 74.8. The number of para-hydroxylation sites is 3. The Morgan fingerprint density at radius 2 is 0.931 bits per heavy atom. The summed E-state index contributed by atoms with van der Waals surface area (Å²) < 4.78 is 15.6. The molecular weight excluding hydrogens is 726 g/mol. The molecule has 1 heterocycles. The lowest BCUT2D eigenvalue weighted by molar-refractivity contribution is 0.592. The quantitative estimate of drug-likeness (QED) is 0.0922. The van der Waals surface area contributed by atoms with Crippen molar-refractivity contribution in [3.05, 3.63) is 252 Å². The van der Waals surface area contributed by atoms with E-state index < -0.39 is 12.6 Å². The van der Waals surface area contributed by atoms with Crippen LogP contribution in [0.25, 0.3) is 11.3 Å². The summed E-state index contributed by atoms with van der Waals surface area (Å²) in [5, 5.41) is 2.36. The molecule has 4 nitrogen and oxygen atoms in total. The van der Waals surface area contributed by atoms with Gasteiger partial charge >= 0.3 is 0 Å². The molecule has 276 valence electrons. The zero-order valence-electron chi connectivity index (χ0n) is 31.7. The predicted octanol–water partition coefficient (Wildman–Crippen LogP) is 11.5. The Bertz CT molecular complexity index is 2830. The molecule has 2 aliphatic rings. The van der Waals surface area contributed by atoms with Gasteiger partial charge in [-0.1, -0.05) is 194 Å². The van der Waals surface area contributed by atoms with E-state index in [1.165, 1.54) is 0 Å². The third-order valence-corrected chi connectivity index (χ3v) is 14.5. The van der Waals surface area contributed by atoms with Crippen LogP contribution in [0.5, 0.6) is 0 Å². The zero-order valence-corrected chi connectivity index (χ0v) is 32.6. The highest BCUT2D eigenvalue weighted by Crippen LogP contribution is 2.65. The van der Waals surface area contributed by atoms with Crippen molar-refractivity contribution in [1.29, 1.82) is 0 Å². The number of aliphatic imine (C=N–C) groups is 2. The molecule has 8 aromatic rings. The largest absolute Gasteiger partial charge is 0.310 e. The van der Waals surface area contributed by atoms with Crippen molar-refractivity contribution in [3.8, 4) is 0 Å². The average Bonchev–Trinajstić information content (AvgIpc) is 3.59. The van der Waals surface area contributed by atoms with Crippen molar-refractivity contribution < 1.29 is 4.57 Å². The molecule has 0 saturated carbocycles. The highest BCUT2D eigenvalue weighted by atomic mass is 31.2. The summed E-state index contributed by atoms with van der Waals surface area (Å²) in [6.45, 7) is 4.01. The molecule has 58 heavy (non-hydrogen) atoms. The highest BCUT2D eigenvalue weighted by Gasteiger charge is 2.53. The summed E-state index contributed by atoms with van der Waals surface area (Å²) >= 11 is 0. The van der Waals surface area contributed by atoms with Gasteiger partial charge in [-0.15, -0.1) is 0 Å². The Morgan fingerprint density at radius 1 is 0.483 bits per heavy atom. The molecule has 0 fully saturated rings. The van der Waals surface area contributed by atoms with Gasteiger partial charge in [-0.05, 0) is 53.2 Å². The number of nitrogens with zero attached hydrogens (tertiary/aromatic N) is 3. The summed E-state index contributed by atoms with van der Waals surface area (Å²) in [5.74, 6) is 0.539. The van der Waals surface area contributed by atoms with E-state index in [1.54, 1.807) is 0 Å². The maximum absolute atomic E-state index is 15.6. The zero-order chi connectivity index (χ0) is 39.1. The predicted molar refractivity (Wildman–Crippen MR) is 243 cm³/mol. The topological polar surface area (TPSA) is 45.0 Å².